The van der Waals surface area contributed by atoms with Crippen LogP contribution in [0.5, 0.6) is 0 Å². The van der Waals surface area contributed by atoms with Gasteiger partial charge in [-0.15, -0.1) is 5.10 Å². The predicted molar refractivity (Wildman–Crippen MR) is 128 cm³/mol. The number of nitrogens with two attached hydrogens (primary N) is 1. The van der Waals surface area contributed by atoms with Crippen molar-refractivity contribution in [2.75, 3.05) is 17.7 Å². The van der Waals surface area contributed by atoms with E-state index in [4.69, 9.17) is 5.73 Å². The Bertz CT molecular complexity index is 1310. The number of nitrogens with one attached hydrogen (secondary N) is 1. The quantitative estimate of drug-likeness (QED) is 0.451. The van der Waals surface area contributed by atoms with Crippen LogP contribution in [0, 0.1) is 0 Å². The molecule has 0 radical (unpaired) electrons. The number of rotatable bonds is 7. The minimum Gasteiger partial charge on any atom is -0.397 e. The van der Waals surface area contributed by atoms with Crippen LogP contribution >= 0.6 is 0 Å². The first-order chi connectivity index (χ1) is 16.0. The van der Waals surface area contributed by atoms with Gasteiger partial charge in [0.05, 0.1) is 5.69 Å². The highest BCUT2D eigenvalue weighted by molar-refractivity contribution is 5.95. The molecule has 0 bridgehead atoms. The second-order valence-corrected chi connectivity index (χ2v) is 7.69. The number of pyridine rings is 1. The average Bonchev–Trinajstić information content (AvgIpc) is 3.38. The van der Waals surface area contributed by atoms with Gasteiger partial charge < -0.3 is 10.6 Å². The summed E-state index contributed by atoms with van der Waals surface area (Å²) in [6.07, 6.45) is 3.65. The van der Waals surface area contributed by atoms with Crippen molar-refractivity contribution in [2.24, 2.45) is 0 Å². The zero-order chi connectivity index (χ0) is 23.4. The Kier molecular flexibility index (Phi) is 6.30. The van der Waals surface area contributed by atoms with Gasteiger partial charge in [-0.3, -0.25) is 14.2 Å². The summed E-state index contributed by atoms with van der Waals surface area (Å²) in [5.41, 5.74) is 9.62. The molecule has 0 fully saturated rings. The molecule has 0 atom stereocenters. The minimum absolute atomic E-state index is 0.132. The lowest BCUT2D eigenvalue weighted by molar-refractivity contribution is -0.118. The van der Waals surface area contributed by atoms with Crippen LogP contribution in [-0.4, -0.2) is 38.1 Å². The Balaban J connectivity index is 1.69. The first kappa shape index (κ1) is 21.9. The summed E-state index contributed by atoms with van der Waals surface area (Å²) in [6.45, 7) is 2.02. The number of nitrogen functional groups attached to an aromatic ring is 1. The zero-order valence-electron chi connectivity index (χ0n) is 18.5. The van der Waals surface area contributed by atoms with Gasteiger partial charge in [-0.1, -0.05) is 49.7 Å². The molecule has 2 aromatic carbocycles. The molecule has 0 saturated carbocycles. The fourth-order valence-electron chi connectivity index (χ4n) is 3.72. The molecule has 168 valence electrons. The first-order valence-electron chi connectivity index (χ1n) is 10.7. The zero-order valence-corrected chi connectivity index (χ0v) is 18.5. The number of unbranched alkanes of at least 4 members (excludes halogenated alkanes) is 1. The molecular weight excluding hydrogens is 418 g/mol. The monoisotopic (exact) mass is 443 g/mol. The van der Waals surface area contributed by atoms with Crippen LogP contribution in [0.2, 0.25) is 0 Å². The number of amides is 1. The van der Waals surface area contributed by atoms with Crippen molar-refractivity contribution in [1.82, 2.24) is 25.2 Å². The standard InChI is InChI=1S/C24H25N7O2/c1-3-4-9-21(32)30(2)22-20(25)14-15-31(24(22)33)17-12-10-16(11-13-17)18-7-5-6-8-19(18)23-26-28-29-27-23/h5-8,10-15H,3-4,9,25H2,1-2H3,(H,26,27,28,29). The Labute approximate surface area is 190 Å². The highest BCUT2D eigenvalue weighted by Gasteiger charge is 2.19. The molecule has 33 heavy (non-hydrogen) atoms. The SMILES string of the molecule is CCCCC(=O)N(C)c1c(N)ccn(-c2ccc(-c3ccccc3-c3nnn[nH]3)cc2)c1=O. The summed E-state index contributed by atoms with van der Waals surface area (Å²) in [6, 6.07) is 17.0. The smallest absolute Gasteiger partial charge is 0.281 e. The first-order valence-corrected chi connectivity index (χ1v) is 10.7. The predicted octanol–water partition coefficient (Wildman–Crippen LogP) is 3.42. The Morgan fingerprint density at radius 3 is 2.48 bits per heavy atom. The highest BCUT2D eigenvalue weighted by atomic mass is 16.2. The topological polar surface area (TPSA) is 123 Å². The second kappa shape index (κ2) is 9.47. The van der Waals surface area contributed by atoms with Gasteiger partial charge in [-0.2, -0.15) is 0 Å². The normalized spacial score (nSPS) is 10.8. The number of tetrazole rings is 1. The van der Waals surface area contributed by atoms with Gasteiger partial charge in [-0.05, 0) is 46.2 Å². The van der Waals surface area contributed by atoms with Crippen LogP contribution in [0.1, 0.15) is 26.2 Å². The summed E-state index contributed by atoms with van der Waals surface area (Å²) in [7, 11) is 1.59. The molecular formula is C24H25N7O2. The van der Waals surface area contributed by atoms with E-state index in [0.717, 1.165) is 29.5 Å². The van der Waals surface area contributed by atoms with E-state index in [9.17, 15) is 9.59 Å². The van der Waals surface area contributed by atoms with Crippen LogP contribution in [0.3, 0.4) is 0 Å². The van der Waals surface area contributed by atoms with Crippen molar-refractivity contribution in [3.05, 3.63) is 71.1 Å². The van der Waals surface area contributed by atoms with Gasteiger partial charge in [0, 0.05) is 30.9 Å². The summed E-state index contributed by atoms with van der Waals surface area (Å²) in [5.74, 6) is 0.442. The lowest BCUT2D eigenvalue weighted by Crippen LogP contribution is -2.34. The van der Waals surface area contributed by atoms with Crippen molar-refractivity contribution in [3.63, 3.8) is 0 Å². The molecule has 9 nitrogen and oxygen atoms in total. The van der Waals surface area contributed by atoms with Gasteiger partial charge in [0.25, 0.3) is 5.56 Å². The van der Waals surface area contributed by atoms with E-state index in [2.05, 4.69) is 20.6 Å². The van der Waals surface area contributed by atoms with Crippen LogP contribution in [-0.2, 0) is 4.79 Å². The van der Waals surface area contributed by atoms with Crippen molar-refractivity contribution in [1.29, 1.82) is 0 Å². The lowest BCUT2D eigenvalue weighted by atomic mass is 9.99. The third-order valence-corrected chi connectivity index (χ3v) is 5.54. The van der Waals surface area contributed by atoms with Crippen molar-refractivity contribution in [2.45, 2.75) is 26.2 Å². The molecule has 0 unspecified atom stereocenters. The van der Waals surface area contributed by atoms with E-state index in [-0.39, 0.29) is 22.8 Å². The largest absolute Gasteiger partial charge is 0.397 e. The molecule has 0 saturated heterocycles. The molecule has 0 aliphatic rings. The van der Waals surface area contributed by atoms with E-state index in [0.29, 0.717) is 17.9 Å². The van der Waals surface area contributed by atoms with Crippen molar-refractivity contribution < 1.29 is 4.79 Å². The number of benzene rings is 2. The van der Waals surface area contributed by atoms with Gasteiger partial charge in [0.1, 0.15) is 5.69 Å². The van der Waals surface area contributed by atoms with Gasteiger partial charge >= 0.3 is 0 Å². The van der Waals surface area contributed by atoms with Gasteiger partial charge in [0.2, 0.25) is 5.91 Å². The fraction of sp³-hybridized carbons (Fsp3) is 0.208. The van der Waals surface area contributed by atoms with E-state index in [1.165, 1.54) is 9.47 Å². The second-order valence-electron chi connectivity index (χ2n) is 7.69. The molecule has 9 heteroatoms. The van der Waals surface area contributed by atoms with E-state index in [1.807, 2.05) is 55.5 Å². The highest BCUT2D eigenvalue weighted by Crippen LogP contribution is 2.30. The van der Waals surface area contributed by atoms with Crippen LogP contribution in [0.15, 0.2) is 65.6 Å². The number of aromatic amines is 1. The third-order valence-electron chi connectivity index (χ3n) is 5.54. The van der Waals surface area contributed by atoms with Gasteiger partial charge in [-0.25, -0.2) is 5.10 Å². The molecule has 1 amide bonds. The van der Waals surface area contributed by atoms with E-state index >= 15 is 0 Å². The van der Waals surface area contributed by atoms with Crippen molar-refractivity contribution >= 4 is 17.3 Å². The number of H-pyrrole nitrogens is 1. The third kappa shape index (κ3) is 4.38. The van der Waals surface area contributed by atoms with Crippen LogP contribution < -0.4 is 16.2 Å². The Morgan fingerprint density at radius 2 is 1.82 bits per heavy atom. The molecule has 4 aromatic rings. The van der Waals surface area contributed by atoms with Crippen LogP contribution in [0.4, 0.5) is 11.4 Å². The minimum atomic E-state index is -0.344. The number of aromatic nitrogens is 5. The number of carbonyl (C=O) groups excluding carboxylic acids is 1. The Morgan fingerprint density at radius 1 is 1.09 bits per heavy atom. The lowest BCUT2D eigenvalue weighted by Gasteiger charge is -2.20. The number of nitrogens with zero attached hydrogens (tertiary/aromatic N) is 5. The molecule has 4 rings (SSSR count). The molecule has 2 heterocycles. The number of hydrogen-bond donors (Lipinski definition) is 2. The molecule has 0 aliphatic carbocycles. The maximum absolute atomic E-state index is 13.2. The van der Waals surface area contributed by atoms with E-state index < -0.39 is 0 Å². The summed E-state index contributed by atoms with van der Waals surface area (Å²) >= 11 is 0. The Hall–Kier alpha value is -4.27. The van der Waals surface area contributed by atoms with E-state index in [1.54, 1.807) is 19.3 Å². The molecule has 2 aromatic heterocycles. The summed E-state index contributed by atoms with van der Waals surface area (Å²) < 4.78 is 1.49. The summed E-state index contributed by atoms with van der Waals surface area (Å²) in [5, 5.41) is 14.1. The number of anilines is 2. The maximum Gasteiger partial charge on any atom is 0.281 e. The van der Waals surface area contributed by atoms with Crippen molar-refractivity contribution in [3.8, 4) is 28.2 Å². The fourth-order valence-corrected chi connectivity index (χ4v) is 3.72. The molecule has 3 N–H and O–H groups in total. The number of hydrogen-bond acceptors (Lipinski definition) is 6. The average molecular weight is 444 g/mol. The molecule has 0 aliphatic heterocycles. The molecule has 0 spiro atoms. The number of carbonyl (C=O) groups is 1. The maximum atomic E-state index is 13.2. The van der Waals surface area contributed by atoms with Gasteiger partial charge in [0.15, 0.2) is 5.82 Å². The van der Waals surface area contributed by atoms with Crippen LogP contribution in [0.25, 0.3) is 28.2 Å². The summed E-state index contributed by atoms with van der Waals surface area (Å²) in [4.78, 5) is 27.1.